The summed E-state index contributed by atoms with van der Waals surface area (Å²) in [6.07, 6.45) is 3.45. The van der Waals surface area contributed by atoms with E-state index in [9.17, 15) is 4.39 Å². The van der Waals surface area contributed by atoms with Crippen LogP contribution in [0.5, 0.6) is 5.88 Å². The maximum absolute atomic E-state index is 13.3. The van der Waals surface area contributed by atoms with Crippen molar-refractivity contribution in [2.75, 3.05) is 13.1 Å². The Hall–Kier alpha value is -2.53. The molecule has 0 atom stereocenters. The second kappa shape index (κ2) is 7.15. The van der Waals surface area contributed by atoms with E-state index in [2.05, 4.69) is 21.4 Å². The third-order valence-electron chi connectivity index (χ3n) is 4.64. The standard InChI is InChI=1S/C20H20FN3O/c21-17-11-15-3-1-4-16(20(15)23-12-17)13-25-19-6-2-5-18(24-19)14-7-9-22-10-8-14/h1-6,11-12,14,22H,7-10,13H2. The van der Waals surface area contributed by atoms with Crippen molar-refractivity contribution >= 4 is 10.9 Å². The van der Waals surface area contributed by atoms with Gasteiger partial charge in [0.15, 0.2) is 0 Å². The van der Waals surface area contributed by atoms with Gasteiger partial charge < -0.3 is 10.1 Å². The van der Waals surface area contributed by atoms with E-state index in [0.717, 1.165) is 48.1 Å². The van der Waals surface area contributed by atoms with E-state index in [4.69, 9.17) is 4.74 Å². The lowest BCUT2D eigenvalue weighted by Gasteiger charge is -2.22. The van der Waals surface area contributed by atoms with Crippen molar-refractivity contribution in [1.82, 2.24) is 15.3 Å². The van der Waals surface area contributed by atoms with Crippen molar-refractivity contribution in [1.29, 1.82) is 0 Å². The number of benzene rings is 1. The maximum atomic E-state index is 13.3. The van der Waals surface area contributed by atoms with Crippen molar-refractivity contribution in [3.8, 4) is 5.88 Å². The molecule has 4 rings (SSSR count). The fourth-order valence-electron chi connectivity index (χ4n) is 3.32. The Morgan fingerprint density at radius 3 is 2.84 bits per heavy atom. The van der Waals surface area contributed by atoms with Crippen molar-refractivity contribution in [2.45, 2.75) is 25.4 Å². The Bertz CT molecular complexity index is 878. The molecule has 1 saturated heterocycles. The summed E-state index contributed by atoms with van der Waals surface area (Å²) in [6, 6.07) is 13.1. The van der Waals surface area contributed by atoms with Crippen molar-refractivity contribution in [3.05, 3.63) is 65.7 Å². The fourth-order valence-corrected chi connectivity index (χ4v) is 3.32. The highest BCUT2D eigenvalue weighted by Gasteiger charge is 2.16. The summed E-state index contributed by atoms with van der Waals surface area (Å²) in [6.45, 7) is 2.43. The second-order valence-electron chi connectivity index (χ2n) is 6.36. The van der Waals surface area contributed by atoms with Crippen LogP contribution in [-0.4, -0.2) is 23.1 Å². The summed E-state index contributed by atoms with van der Waals surface area (Å²) in [5.74, 6) is 0.782. The molecular weight excluding hydrogens is 317 g/mol. The van der Waals surface area contributed by atoms with E-state index in [1.54, 1.807) is 0 Å². The third-order valence-corrected chi connectivity index (χ3v) is 4.64. The summed E-state index contributed by atoms with van der Waals surface area (Å²) in [4.78, 5) is 8.88. The van der Waals surface area contributed by atoms with Crippen LogP contribution in [0.4, 0.5) is 4.39 Å². The van der Waals surface area contributed by atoms with Crippen LogP contribution < -0.4 is 10.1 Å². The van der Waals surface area contributed by atoms with E-state index in [-0.39, 0.29) is 5.82 Å². The molecule has 1 fully saturated rings. The normalized spacial score (nSPS) is 15.4. The van der Waals surface area contributed by atoms with E-state index >= 15 is 0 Å². The van der Waals surface area contributed by atoms with Crippen LogP contribution in [0.1, 0.15) is 30.0 Å². The minimum absolute atomic E-state index is 0.332. The van der Waals surface area contributed by atoms with Crippen LogP contribution >= 0.6 is 0 Å². The molecule has 0 aliphatic carbocycles. The summed E-state index contributed by atoms with van der Waals surface area (Å²) in [5, 5.41) is 4.15. The van der Waals surface area contributed by atoms with E-state index in [0.29, 0.717) is 18.4 Å². The zero-order valence-corrected chi connectivity index (χ0v) is 13.9. The van der Waals surface area contributed by atoms with Crippen LogP contribution in [0.2, 0.25) is 0 Å². The quantitative estimate of drug-likeness (QED) is 0.786. The molecule has 0 amide bonds. The number of halogens is 1. The van der Waals surface area contributed by atoms with Gasteiger partial charge in [0.05, 0.1) is 11.7 Å². The molecule has 1 aliphatic rings. The molecule has 0 bridgehead atoms. The number of aromatic nitrogens is 2. The largest absolute Gasteiger partial charge is 0.473 e. The zero-order chi connectivity index (χ0) is 17.1. The van der Waals surface area contributed by atoms with E-state index in [1.807, 2.05) is 30.3 Å². The number of piperidine rings is 1. The summed E-state index contributed by atoms with van der Waals surface area (Å²) < 4.78 is 19.2. The Kier molecular flexibility index (Phi) is 4.57. The molecule has 128 valence electrons. The molecule has 0 unspecified atom stereocenters. The lowest BCUT2D eigenvalue weighted by Crippen LogP contribution is -2.27. The Morgan fingerprint density at radius 1 is 1.12 bits per heavy atom. The Balaban J connectivity index is 1.52. The molecule has 0 spiro atoms. The van der Waals surface area contributed by atoms with E-state index < -0.39 is 0 Å². The fraction of sp³-hybridized carbons (Fsp3) is 0.300. The molecule has 3 aromatic rings. The summed E-state index contributed by atoms with van der Waals surface area (Å²) in [7, 11) is 0. The van der Waals surface area contributed by atoms with Gasteiger partial charge in [-0.1, -0.05) is 24.3 Å². The maximum Gasteiger partial charge on any atom is 0.213 e. The molecule has 0 radical (unpaired) electrons. The zero-order valence-electron chi connectivity index (χ0n) is 13.9. The molecule has 1 aliphatic heterocycles. The molecule has 2 aromatic heterocycles. The Labute approximate surface area is 146 Å². The minimum atomic E-state index is -0.332. The first kappa shape index (κ1) is 16.0. The van der Waals surface area contributed by atoms with Gasteiger partial charge in [0.2, 0.25) is 5.88 Å². The topological polar surface area (TPSA) is 47.0 Å². The number of rotatable bonds is 4. The lowest BCUT2D eigenvalue weighted by atomic mass is 9.94. The number of hydrogen-bond donors (Lipinski definition) is 1. The van der Waals surface area contributed by atoms with Gasteiger partial charge in [-0.3, -0.25) is 4.98 Å². The molecule has 3 heterocycles. The highest BCUT2D eigenvalue weighted by atomic mass is 19.1. The molecule has 1 N–H and O–H groups in total. The molecule has 1 aromatic carbocycles. The second-order valence-corrected chi connectivity index (χ2v) is 6.36. The average molecular weight is 337 g/mol. The van der Waals surface area contributed by atoms with Crippen LogP contribution in [-0.2, 0) is 6.61 Å². The van der Waals surface area contributed by atoms with Crippen molar-refractivity contribution in [3.63, 3.8) is 0 Å². The van der Waals surface area contributed by atoms with Crippen molar-refractivity contribution in [2.24, 2.45) is 0 Å². The van der Waals surface area contributed by atoms with Gasteiger partial charge in [0, 0.05) is 28.6 Å². The van der Waals surface area contributed by atoms with Crippen LogP contribution in [0.15, 0.2) is 48.7 Å². The summed E-state index contributed by atoms with van der Waals surface area (Å²) >= 11 is 0. The average Bonchev–Trinajstić information content (AvgIpc) is 2.67. The first-order valence-electron chi connectivity index (χ1n) is 8.63. The smallest absolute Gasteiger partial charge is 0.213 e. The van der Waals surface area contributed by atoms with Gasteiger partial charge in [0.1, 0.15) is 12.4 Å². The highest BCUT2D eigenvalue weighted by molar-refractivity contribution is 5.81. The van der Waals surface area contributed by atoms with Gasteiger partial charge in [-0.05, 0) is 38.1 Å². The Morgan fingerprint density at radius 2 is 1.96 bits per heavy atom. The molecule has 0 saturated carbocycles. The van der Waals surface area contributed by atoms with Gasteiger partial charge in [-0.15, -0.1) is 0 Å². The first-order valence-corrected chi connectivity index (χ1v) is 8.63. The monoisotopic (exact) mass is 337 g/mol. The van der Waals surface area contributed by atoms with E-state index in [1.165, 1.54) is 12.3 Å². The van der Waals surface area contributed by atoms with Gasteiger partial charge >= 0.3 is 0 Å². The highest BCUT2D eigenvalue weighted by Crippen LogP contribution is 2.25. The lowest BCUT2D eigenvalue weighted by molar-refractivity contribution is 0.292. The number of nitrogens with zero attached hydrogens (tertiary/aromatic N) is 2. The van der Waals surface area contributed by atoms with Crippen molar-refractivity contribution < 1.29 is 9.13 Å². The predicted octanol–water partition coefficient (Wildman–Crippen LogP) is 3.81. The SMILES string of the molecule is Fc1cnc2c(COc3cccc(C4CCNCC4)n3)cccc2c1. The summed E-state index contributed by atoms with van der Waals surface area (Å²) in [5.41, 5.74) is 2.78. The molecule has 25 heavy (non-hydrogen) atoms. The first-order chi connectivity index (χ1) is 12.3. The van der Waals surface area contributed by atoms with Gasteiger partial charge in [0.25, 0.3) is 0 Å². The number of pyridine rings is 2. The number of fused-ring (bicyclic) bond motifs is 1. The third kappa shape index (κ3) is 3.61. The molecular formula is C20H20FN3O. The van der Waals surface area contributed by atoms with Crippen LogP contribution in [0, 0.1) is 5.82 Å². The number of nitrogens with one attached hydrogen (secondary N) is 1. The van der Waals surface area contributed by atoms with Gasteiger partial charge in [-0.25, -0.2) is 9.37 Å². The van der Waals surface area contributed by atoms with Gasteiger partial charge in [-0.2, -0.15) is 0 Å². The number of para-hydroxylation sites is 1. The molecule has 5 heteroatoms. The van der Waals surface area contributed by atoms with Crippen LogP contribution in [0.3, 0.4) is 0 Å². The number of hydrogen-bond acceptors (Lipinski definition) is 4. The number of ether oxygens (including phenoxy) is 1. The minimum Gasteiger partial charge on any atom is -0.473 e. The molecule has 4 nitrogen and oxygen atoms in total. The predicted molar refractivity (Wildman–Crippen MR) is 95.1 cm³/mol. The van der Waals surface area contributed by atoms with Crippen LogP contribution in [0.25, 0.3) is 10.9 Å².